The monoisotopic (exact) mass is 419 g/mol. The Balaban J connectivity index is 1.83. The summed E-state index contributed by atoms with van der Waals surface area (Å²) < 4.78 is 5.36. The van der Waals surface area contributed by atoms with Gasteiger partial charge in [0.1, 0.15) is 5.56 Å². The molecule has 1 heterocycles. The first kappa shape index (κ1) is 22.0. The maximum absolute atomic E-state index is 13.1. The van der Waals surface area contributed by atoms with Crippen molar-refractivity contribution in [3.8, 4) is 11.3 Å². The largest absolute Gasteiger partial charge is 0.363 e. The lowest BCUT2D eigenvalue weighted by molar-refractivity contribution is -0.137. The lowest BCUT2D eigenvalue weighted by atomic mass is 9.98. The molecule has 160 valence electrons. The fourth-order valence-corrected chi connectivity index (χ4v) is 3.62. The first-order valence-electron chi connectivity index (χ1n) is 9.99. The molecule has 0 bridgehead atoms. The van der Waals surface area contributed by atoms with Crippen molar-refractivity contribution in [2.75, 3.05) is 0 Å². The van der Waals surface area contributed by atoms with Crippen LogP contribution in [0, 0.1) is 20.8 Å². The van der Waals surface area contributed by atoms with Gasteiger partial charge in [-0.3, -0.25) is 14.4 Å². The molecule has 0 aliphatic heterocycles. The summed E-state index contributed by atoms with van der Waals surface area (Å²) in [5, 5.41) is 6.56. The van der Waals surface area contributed by atoms with E-state index in [0.717, 1.165) is 16.7 Å². The average Bonchev–Trinajstić information content (AvgIpc) is 3.12. The summed E-state index contributed by atoms with van der Waals surface area (Å²) in [5.74, 6) is -2.17. The zero-order chi connectivity index (χ0) is 22.5. The van der Waals surface area contributed by atoms with Crippen molar-refractivity contribution in [3.05, 3.63) is 76.5 Å². The summed E-state index contributed by atoms with van der Waals surface area (Å²) >= 11 is 0. The predicted octanol–water partition coefficient (Wildman–Crippen LogP) is 3.05. The molecule has 1 aromatic heterocycles. The molecule has 1 atom stereocenters. The number of amides is 2. The molecule has 0 aliphatic carbocycles. The van der Waals surface area contributed by atoms with E-state index >= 15 is 0 Å². The Hall–Kier alpha value is -3.74. The van der Waals surface area contributed by atoms with Crippen LogP contribution in [0.5, 0.6) is 0 Å². The van der Waals surface area contributed by atoms with E-state index in [1.807, 2.05) is 44.2 Å². The van der Waals surface area contributed by atoms with Crippen LogP contribution in [0.3, 0.4) is 0 Å². The molecule has 0 spiro atoms. The van der Waals surface area contributed by atoms with Gasteiger partial charge >= 0.3 is 0 Å². The molecule has 31 heavy (non-hydrogen) atoms. The third-order valence-corrected chi connectivity index (χ3v) is 4.99. The number of hydrogen-bond acceptors (Lipinski definition) is 5. The van der Waals surface area contributed by atoms with Gasteiger partial charge in [0.2, 0.25) is 5.78 Å². The van der Waals surface area contributed by atoms with E-state index in [-0.39, 0.29) is 12.0 Å². The van der Waals surface area contributed by atoms with Crippen molar-refractivity contribution >= 4 is 17.6 Å². The van der Waals surface area contributed by atoms with Crippen molar-refractivity contribution in [2.24, 2.45) is 5.73 Å². The second-order valence-electron chi connectivity index (χ2n) is 7.63. The zero-order valence-corrected chi connectivity index (χ0v) is 17.8. The molecule has 2 aromatic carbocycles. The number of carbonyl (C=O) groups excluding carboxylic acids is 3. The summed E-state index contributed by atoms with van der Waals surface area (Å²) in [6.07, 6.45) is 0.738. The first-order valence-corrected chi connectivity index (χ1v) is 9.99. The molecule has 3 rings (SSSR count). The molecule has 0 unspecified atom stereocenters. The minimum Gasteiger partial charge on any atom is -0.363 e. The van der Waals surface area contributed by atoms with Gasteiger partial charge in [-0.2, -0.15) is 0 Å². The number of nitrogens with one attached hydrogen (secondary N) is 1. The molecule has 3 aromatic rings. The number of ketones is 1. The Kier molecular flexibility index (Phi) is 6.65. The summed E-state index contributed by atoms with van der Waals surface area (Å²) in [6, 6.07) is 14.1. The predicted molar refractivity (Wildman–Crippen MR) is 116 cm³/mol. The highest BCUT2D eigenvalue weighted by molar-refractivity contribution is 6.38. The molecular formula is C24H25N3O4. The van der Waals surface area contributed by atoms with Crippen molar-refractivity contribution in [3.63, 3.8) is 0 Å². The Bertz CT molecular complexity index is 1100. The normalized spacial score (nSPS) is 11.7. The van der Waals surface area contributed by atoms with Gasteiger partial charge in [0.25, 0.3) is 11.8 Å². The van der Waals surface area contributed by atoms with E-state index in [2.05, 4.69) is 16.5 Å². The lowest BCUT2D eigenvalue weighted by Crippen LogP contribution is -2.46. The summed E-state index contributed by atoms with van der Waals surface area (Å²) in [6.45, 7) is 5.62. The van der Waals surface area contributed by atoms with Crippen LogP contribution in [0.1, 0.15) is 39.2 Å². The Morgan fingerprint density at radius 3 is 2.29 bits per heavy atom. The van der Waals surface area contributed by atoms with Crippen LogP contribution in [0.25, 0.3) is 11.3 Å². The van der Waals surface area contributed by atoms with Gasteiger partial charge in [0.15, 0.2) is 5.76 Å². The highest BCUT2D eigenvalue weighted by atomic mass is 16.5. The number of nitrogens with zero attached hydrogens (tertiary/aromatic N) is 1. The second-order valence-corrected chi connectivity index (χ2v) is 7.63. The smallest absolute Gasteiger partial charge is 0.287 e. The molecule has 0 saturated carbocycles. The highest BCUT2D eigenvalue weighted by Crippen LogP contribution is 2.26. The van der Waals surface area contributed by atoms with E-state index in [1.165, 1.54) is 0 Å². The van der Waals surface area contributed by atoms with Crippen LogP contribution < -0.4 is 11.1 Å². The Labute approximate surface area is 180 Å². The minimum atomic E-state index is -1.09. The van der Waals surface area contributed by atoms with Crippen LogP contribution in [0.15, 0.2) is 53.1 Å². The maximum Gasteiger partial charge on any atom is 0.287 e. The summed E-state index contributed by atoms with van der Waals surface area (Å²) in [7, 11) is 0. The van der Waals surface area contributed by atoms with E-state index in [4.69, 9.17) is 10.3 Å². The fraction of sp³-hybridized carbons (Fsp3) is 0.250. The van der Waals surface area contributed by atoms with Gasteiger partial charge in [-0.25, -0.2) is 0 Å². The number of rotatable bonds is 8. The van der Waals surface area contributed by atoms with Gasteiger partial charge < -0.3 is 15.6 Å². The second kappa shape index (κ2) is 9.38. The van der Waals surface area contributed by atoms with Crippen molar-refractivity contribution in [1.82, 2.24) is 10.5 Å². The number of hydrogen-bond donors (Lipinski definition) is 2. The van der Waals surface area contributed by atoms with Crippen molar-refractivity contribution in [2.45, 2.75) is 39.7 Å². The topological polar surface area (TPSA) is 115 Å². The molecule has 0 saturated heterocycles. The number of aryl methyl sites for hydroxylation is 4. The molecular weight excluding hydrogens is 394 g/mol. The number of nitrogens with two attached hydrogens (primary N) is 1. The van der Waals surface area contributed by atoms with E-state index in [1.54, 1.807) is 19.1 Å². The lowest BCUT2D eigenvalue weighted by Gasteiger charge is -2.17. The van der Waals surface area contributed by atoms with Crippen LogP contribution in [0.2, 0.25) is 0 Å². The third kappa shape index (κ3) is 5.25. The number of aromatic nitrogens is 1. The Morgan fingerprint density at radius 1 is 1.03 bits per heavy atom. The minimum absolute atomic E-state index is 0.222. The number of Topliss-reactive ketones (excluding diaryl/α,β-unsaturated/α-hetero) is 1. The van der Waals surface area contributed by atoms with Crippen LogP contribution in [0.4, 0.5) is 0 Å². The van der Waals surface area contributed by atoms with E-state index in [9.17, 15) is 14.4 Å². The molecule has 0 radical (unpaired) electrons. The van der Waals surface area contributed by atoms with Gasteiger partial charge in [-0.1, -0.05) is 64.8 Å². The van der Waals surface area contributed by atoms with E-state index in [0.29, 0.717) is 23.4 Å². The standard InChI is InChI=1S/C24H25N3O4/c1-14-11-15(2)13-17(12-14)9-10-19(21(28)23(25)29)26-24(30)20-16(3)27-31-22(20)18-7-5-4-6-8-18/h4-8,11-13,19H,9-10H2,1-3H3,(H2,25,29)(H,26,30)/t19-/m0/s1. The SMILES string of the molecule is Cc1cc(C)cc(CC[C@H](NC(=O)c2c(C)noc2-c2ccccc2)C(=O)C(N)=O)c1. The number of carbonyl (C=O) groups is 3. The maximum atomic E-state index is 13.1. The molecule has 0 aliphatic rings. The molecule has 7 heteroatoms. The highest BCUT2D eigenvalue weighted by Gasteiger charge is 2.29. The quantitative estimate of drug-likeness (QED) is 0.545. The number of benzene rings is 2. The average molecular weight is 419 g/mol. The summed E-state index contributed by atoms with van der Waals surface area (Å²) in [4.78, 5) is 37.1. The molecule has 0 fully saturated rings. The van der Waals surface area contributed by atoms with Crippen molar-refractivity contribution < 1.29 is 18.9 Å². The van der Waals surface area contributed by atoms with Gasteiger partial charge in [0, 0.05) is 5.56 Å². The molecule has 3 N–H and O–H groups in total. The van der Waals surface area contributed by atoms with Gasteiger partial charge in [-0.15, -0.1) is 0 Å². The Morgan fingerprint density at radius 2 is 1.68 bits per heavy atom. The fourth-order valence-electron chi connectivity index (χ4n) is 3.62. The molecule has 2 amide bonds. The summed E-state index contributed by atoms with van der Waals surface area (Å²) in [5.41, 5.74) is 9.73. The van der Waals surface area contributed by atoms with Crippen LogP contribution >= 0.6 is 0 Å². The van der Waals surface area contributed by atoms with E-state index < -0.39 is 23.6 Å². The number of primary amides is 1. The van der Waals surface area contributed by atoms with Crippen LogP contribution in [-0.2, 0) is 16.0 Å². The van der Waals surface area contributed by atoms with Crippen LogP contribution in [-0.4, -0.2) is 28.8 Å². The third-order valence-electron chi connectivity index (χ3n) is 4.99. The van der Waals surface area contributed by atoms with Crippen molar-refractivity contribution in [1.29, 1.82) is 0 Å². The first-order chi connectivity index (χ1) is 14.8. The van der Waals surface area contributed by atoms with Gasteiger partial charge in [0.05, 0.1) is 11.7 Å². The molecule has 7 nitrogen and oxygen atoms in total. The zero-order valence-electron chi connectivity index (χ0n) is 17.8. The van der Waals surface area contributed by atoms with Gasteiger partial charge in [-0.05, 0) is 39.2 Å².